The lowest BCUT2D eigenvalue weighted by Crippen LogP contribution is -2.58. The van der Waals surface area contributed by atoms with E-state index in [2.05, 4.69) is 20.0 Å². The van der Waals surface area contributed by atoms with Gasteiger partial charge in [-0.1, -0.05) is 0 Å². The third-order valence-electron chi connectivity index (χ3n) is 4.26. The van der Waals surface area contributed by atoms with E-state index in [4.69, 9.17) is 30.1 Å². The smallest absolute Gasteiger partial charge is 0.303 e. The van der Waals surface area contributed by atoms with E-state index in [1.54, 1.807) is 0 Å². The van der Waals surface area contributed by atoms with E-state index in [0.717, 1.165) is 19.4 Å². The molecule has 0 aromatic heterocycles. The molecule has 9 nitrogen and oxygen atoms in total. The maximum atomic E-state index is 11.6. The summed E-state index contributed by atoms with van der Waals surface area (Å²) in [6.45, 7) is 5.50. The molecule has 1 aliphatic rings. The molecule has 9 heteroatoms. The molecule has 1 unspecified atom stereocenters. The van der Waals surface area contributed by atoms with Crippen molar-refractivity contribution >= 4 is 17.9 Å². The second kappa shape index (κ2) is 11.8. The van der Waals surface area contributed by atoms with Gasteiger partial charge in [0.2, 0.25) is 0 Å². The maximum absolute atomic E-state index is 11.6. The Morgan fingerprint density at radius 2 is 1.59 bits per heavy atom. The molecule has 0 saturated carbocycles. The fourth-order valence-electron chi connectivity index (χ4n) is 3.02. The van der Waals surface area contributed by atoms with Gasteiger partial charge in [-0.25, -0.2) is 0 Å². The molecule has 164 valence electrons. The minimum atomic E-state index is -1.05. The van der Waals surface area contributed by atoms with Crippen LogP contribution in [0.1, 0.15) is 33.6 Å². The van der Waals surface area contributed by atoms with Gasteiger partial charge in [0.05, 0.1) is 33.9 Å². The minimum Gasteiger partial charge on any atom is -0.456 e. The summed E-state index contributed by atoms with van der Waals surface area (Å²) in [6, 6.07) is 0. The van der Waals surface area contributed by atoms with Gasteiger partial charge in [0.15, 0.2) is 24.6 Å². The second-order valence-corrected chi connectivity index (χ2v) is 7.60. The van der Waals surface area contributed by atoms with Crippen LogP contribution >= 0.6 is 0 Å². The fraction of sp³-hybridized carbons (Fsp3) is 0.750. The molecule has 1 saturated heterocycles. The van der Waals surface area contributed by atoms with Gasteiger partial charge in [0.1, 0.15) is 6.54 Å². The van der Waals surface area contributed by atoms with Crippen molar-refractivity contribution < 1.29 is 42.6 Å². The zero-order valence-electron chi connectivity index (χ0n) is 17.8. The van der Waals surface area contributed by atoms with Gasteiger partial charge in [-0.2, -0.15) is 0 Å². The minimum absolute atomic E-state index is 0.0496. The molecule has 0 aromatic carbocycles. The molecule has 0 bridgehead atoms. The standard InChI is InChI=1S/C20H32NO8/c1-7-10-21(5,6)11-8-9-12-25-20-19(29-16(4)24)18(28-15(3)23)17(13-26-20)27-14(2)22/h1,17-20H,8-13H2,2-6H3/q+1/t17-,18+,19-,20?/m1/s1. The first-order valence-electron chi connectivity index (χ1n) is 9.56. The highest BCUT2D eigenvalue weighted by Crippen LogP contribution is 2.25. The van der Waals surface area contributed by atoms with Crippen LogP contribution in [0.2, 0.25) is 0 Å². The van der Waals surface area contributed by atoms with E-state index in [9.17, 15) is 14.4 Å². The summed E-state index contributed by atoms with van der Waals surface area (Å²) in [7, 11) is 4.11. The van der Waals surface area contributed by atoms with E-state index >= 15 is 0 Å². The first-order chi connectivity index (χ1) is 13.6. The van der Waals surface area contributed by atoms with E-state index in [1.165, 1.54) is 20.8 Å². The largest absolute Gasteiger partial charge is 0.456 e. The maximum Gasteiger partial charge on any atom is 0.303 e. The predicted molar refractivity (Wildman–Crippen MR) is 102 cm³/mol. The van der Waals surface area contributed by atoms with Crippen LogP contribution in [-0.2, 0) is 38.1 Å². The van der Waals surface area contributed by atoms with Crippen molar-refractivity contribution in [2.75, 3.05) is 40.4 Å². The Morgan fingerprint density at radius 3 is 2.14 bits per heavy atom. The summed E-state index contributed by atoms with van der Waals surface area (Å²) >= 11 is 0. The highest BCUT2D eigenvalue weighted by atomic mass is 16.7. The van der Waals surface area contributed by atoms with Crippen molar-refractivity contribution in [3.05, 3.63) is 0 Å². The number of hydrogen-bond donors (Lipinski definition) is 0. The van der Waals surface area contributed by atoms with E-state index in [-0.39, 0.29) is 6.61 Å². The number of terminal acetylenes is 1. The molecule has 1 aliphatic heterocycles. The zero-order chi connectivity index (χ0) is 22.0. The molecule has 4 atom stereocenters. The molecule has 0 aliphatic carbocycles. The Hall–Kier alpha value is -2.15. The molecule has 0 N–H and O–H groups in total. The molecular weight excluding hydrogens is 382 g/mol. The van der Waals surface area contributed by atoms with Crippen LogP contribution in [-0.4, -0.2) is 87.4 Å². The summed E-state index contributed by atoms with van der Waals surface area (Å²) in [5, 5.41) is 0. The number of rotatable bonds is 10. The monoisotopic (exact) mass is 414 g/mol. The van der Waals surface area contributed by atoms with Crippen molar-refractivity contribution in [3.8, 4) is 12.3 Å². The molecule has 1 heterocycles. The molecule has 29 heavy (non-hydrogen) atoms. The summed E-state index contributed by atoms with van der Waals surface area (Å²) < 4.78 is 27.8. The Bertz CT molecular complexity index is 612. The molecule has 1 fully saturated rings. The van der Waals surface area contributed by atoms with Gasteiger partial charge in [-0.3, -0.25) is 14.4 Å². The number of ether oxygens (including phenoxy) is 5. The molecule has 0 radical (unpaired) electrons. The summed E-state index contributed by atoms with van der Waals surface area (Å²) in [5.74, 6) is 0.898. The van der Waals surface area contributed by atoms with E-state index in [1.807, 2.05) is 0 Å². The highest BCUT2D eigenvalue weighted by molar-refractivity contribution is 5.68. The number of hydrogen-bond acceptors (Lipinski definition) is 8. The Kier molecular flexibility index (Phi) is 10.1. The topological polar surface area (TPSA) is 97.4 Å². The second-order valence-electron chi connectivity index (χ2n) is 7.60. The first-order valence-corrected chi connectivity index (χ1v) is 9.56. The molecule has 1 rings (SSSR count). The van der Waals surface area contributed by atoms with Crippen molar-refractivity contribution in [1.82, 2.24) is 0 Å². The summed E-state index contributed by atoms with van der Waals surface area (Å²) in [5.41, 5.74) is 0. The van der Waals surface area contributed by atoms with Crippen LogP contribution in [0.25, 0.3) is 0 Å². The van der Waals surface area contributed by atoms with Gasteiger partial charge in [-0.15, -0.1) is 6.42 Å². The number of carbonyl (C=O) groups excluding carboxylic acids is 3. The lowest BCUT2D eigenvalue weighted by atomic mass is 10.0. The normalized spacial score (nSPS) is 24.3. The molecular formula is C20H32NO8+. The molecule has 0 spiro atoms. The van der Waals surface area contributed by atoms with Crippen LogP contribution in [0.4, 0.5) is 0 Å². The number of nitrogens with zero attached hydrogens (tertiary/aromatic N) is 1. The third-order valence-corrected chi connectivity index (χ3v) is 4.26. The van der Waals surface area contributed by atoms with Crippen LogP contribution in [0, 0.1) is 12.3 Å². The van der Waals surface area contributed by atoms with Gasteiger partial charge >= 0.3 is 17.9 Å². The summed E-state index contributed by atoms with van der Waals surface area (Å²) in [4.78, 5) is 34.4. The molecule has 0 amide bonds. The summed E-state index contributed by atoms with van der Waals surface area (Å²) in [6.07, 6.45) is 3.07. The number of unbranched alkanes of at least 4 members (excludes halogenated alkanes) is 1. The van der Waals surface area contributed by atoms with Crippen LogP contribution in [0.15, 0.2) is 0 Å². The van der Waals surface area contributed by atoms with E-state index in [0.29, 0.717) is 17.6 Å². The van der Waals surface area contributed by atoms with Crippen LogP contribution < -0.4 is 0 Å². The Labute approximate surface area is 172 Å². The number of quaternary nitrogens is 1. The van der Waals surface area contributed by atoms with Gasteiger partial charge in [0, 0.05) is 20.8 Å². The SMILES string of the molecule is C#CC[N+](C)(C)CCCCOC1OC[C@@H](OC(C)=O)[C@H](OC(C)=O)[C@H]1OC(C)=O. The Morgan fingerprint density at radius 1 is 1.00 bits per heavy atom. The average molecular weight is 414 g/mol. The fourth-order valence-corrected chi connectivity index (χ4v) is 3.02. The van der Waals surface area contributed by atoms with Crippen LogP contribution in [0.5, 0.6) is 0 Å². The van der Waals surface area contributed by atoms with Crippen LogP contribution in [0.3, 0.4) is 0 Å². The lowest BCUT2D eigenvalue weighted by Gasteiger charge is -2.40. The van der Waals surface area contributed by atoms with Crippen molar-refractivity contribution in [1.29, 1.82) is 0 Å². The molecule has 0 aromatic rings. The zero-order valence-corrected chi connectivity index (χ0v) is 17.8. The quantitative estimate of drug-likeness (QED) is 0.169. The number of carbonyl (C=O) groups is 3. The Balaban J connectivity index is 2.72. The highest BCUT2D eigenvalue weighted by Gasteiger charge is 2.47. The third kappa shape index (κ3) is 9.26. The first kappa shape index (κ1) is 24.9. The predicted octanol–water partition coefficient (Wildman–Crippen LogP) is 0.644. The van der Waals surface area contributed by atoms with Crippen molar-refractivity contribution in [3.63, 3.8) is 0 Å². The lowest BCUT2D eigenvalue weighted by molar-refractivity contribution is -0.883. The van der Waals surface area contributed by atoms with Gasteiger partial charge in [0.25, 0.3) is 0 Å². The van der Waals surface area contributed by atoms with Gasteiger partial charge in [-0.05, 0) is 18.8 Å². The van der Waals surface area contributed by atoms with E-state index < -0.39 is 42.5 Å². The van der Waals surface area contributed by atoms with Crippen molar-refractivity contribution in [2.45, 2.75) is 58.2 Å². The van der Waals surface area contributed by atoms with Crippen molar-refractivity contribution in [2.24, 2.45) is 0 Å². The number of esters is 3. The average Bonchev–Trinajstić information content (AvgIpc) is 2.57. The van der Waals surface area contributed by atoms with Gasteiger partial charge < -0.3 is 28.2 Å².